The van der Waals surface area contributed by atoms with Gasteiger partial charge < -0.3 is 13.7 Å². The molecule has 0 aliphatic carbocycles. The first kappa shape index (κ1) is 16.8. The van der Waals surface area contributed by atoms with Gasteiger partial charge in [0.2, 0.25) is 0 Å². The Labute approximate surface area is 120 Å². The first-order valence-electron chi connectivity index (χ1n) is 7.20. The number of carbonyl (C=O) groups is 1. The lowest BCUT2D eigenvalue weighted by molar-refractivity contribution is -0.143. The molecule has 1 unspecified atom stereocenters. The Hall–Kier alpha value is -0.260. The second kappa shape index (κ2) is 10.5. The zero-order valence-electron chi connectivity index (χ0n) is 12.1. The molecule has 0 bridgehead atoms. The topological polar surface area (TPSA) is 48.1 Å². The Morgan fingerprint density at radius 3 is 2.84 bits per heavy atom. The van der Waals surface area contributed by atoms with Gasteiger partial charge in [0.05, 0.1) is 26.2 Å². The van der Waals surface area contributed by atoms with Crippen molar-refractivity contribution in [2.75, 3.05) is 25.6 Å². The number of epoxide rings is 1. The van der Waals surface area contributed by atoms with Gasteiger partial charge in [0.1, 0.15) is 6.10 Å². The molecule has 0 N–H and O–H groups in total. The minimum atomic E-state index is -0.123. The van der Waals surface area contributed by atoms with Crippen LogP contribution in [0.15, 0.2) is 0 Å². The van der Waals surface area contributed by atoms with Crippen molar-refractivity contribution in [2.45, 2.75) is 52.1 Å². The van der Waals surface area contributed by atoms with Crippen LogP contribution >= 0.6 is 12.0 Å². The van der Waals surface area contributed by atoms with E-state index in [0.717, 1.165) is 25.4 Å². The number of hydrogen-bond acceptors (Lipinski definition) is 5. The van der Waals surface area contributed by atoms with Gasteiger partial charge in [-0.15, -0.1) is 0 Å². The van der Waals surface area contributed by atoms with E-state index in [9.17, 15) is 4.79 Å². The summed E-state index contributed by atoms with van der Waals surface area (Å²) in [7, 11) is 0. The van der Waals surface area contributed by atoms with Gasteiger partial charge in [-0.3, -0.25) is 4.79 Å². The highest BCUT2D eigenvalue weighted by Gasteiger charge is 2.22. The summed E-state index contributed by atoms with van der Waals surface area (Å²) in [5.41, 5.74) is 0. The fourth-order valence-electron chi connectivity index (χ4n) is 1.56. The van der Waals surface area contributed by atoms with Crippen LogP contribution in [0.5, 0.6) is 0 Å². The maximum Gasteiger partial charge on any atom is 0.306 e. The molecule has 4 nitrogen and oxygen atoms in total. The maximum absolute atomic E-state index is 11.4. The van der Waals surface area contributed by atoms with Gasteiger partial charge in [0, 0.05) is 5.75 Å². The van der Waals surface area contributed by atoms with Crippen LogP contribution in [-0.2, 0) is 18.5 Å². The Kier molecular flexibility index (Phi) is 9.30. The van der Waals surface area contributed by atoms with E-state index < -0.39 is 0 Å². The Morgan fingerprint density at radius 1 is 1.37 bits per heavy atom. The van der Waals surface area contributed by atoms with Gasteiger partial charge >= 0.3 is 5.97 Å². The lowest BCUT2D eigenvalue weighted by atomic mass is 10.1. The molecular weight excluding hydrogens is 264 g/mol. The standard InChI is InChI=1S/C14H26O4S/c1-12(2)6-4-3-5-8-16-14(15)7-9-19-18-11-13-10-17-13/h12-13H,3-11H2,1-2H3. The molecule has 1 aliphatic rings. The van der Waals surface area contributed by atoms with Crippen LogP contribution in [0.4, 0.5) is 0 Å². The molecule has 1 heterocycles. The molecule has 1 aliphatic heterocycles. The number of hydrogen-bond donors (Lipinski definition) is 0. The molecule has 1 rings (SSSR count). The van der Waals surface area contributed by atoms with Crippen molar-refractivity contribution in [3.63, 3.8) is 0 Å². The van der Waals surface area contributed by atoms with Crippen molar-refractivity contribution < 1.29 is 18.5 Å². The number of ether oxygens (including phenoxy) is 2. The number of carbonyl (C=O) groups excluding carboxylic acids is 1. The lowest BCUT2D eigenvalue weighted by Gasteiger charge is -2.06. The summed E-state index contributed by atoms with van der Waals surface area (Å²) in [5, 5.41) is 0. The third-order valence-corrected chi connectivity index (χ3v) is 3.49. The third-order valence-electron chi connectivity index (χ3n) is 2.82. The van der Waals surface area contributed by atoms with E-state index in [-0.39, 0.29) is 12.1 Å². The molecule has 0 aromatic rings. The van der Waals surface area contributed by atoms with Gasteiger partial charge in [0.25, 0.3) is 0 Å². The average Bonchev–Trinajstić information content (AvgIpc) is 3.17. The molecule has 19 heavy (non-hydrogen) atoms. The van der Waals surface area contributed by atoms with Gasteiger partial charge in [-0.05, 0) is 24.4 Å². The van der Waals surface area contributed by atoms with Crippen LogP contribution in [0.1, 0.15) is 46.0 Å². The largest absolute Gasteiger partial charge is 0.466 e. The van der Waals surface area contributed by atoms with Crippen molar-refractivity contribution >= 4 is 18.0 Å². The van der Waals surface area contributed by atoms with Crippen LogP contribution < -0.4 is 0 Å². The van der Waals surface area contributed by atoms with Crippen LogP contribution in [-0.4, -0.2) is 37.6 Å². The molecule has 0 aromatic carbocycles. The Morgan fingerprint density at radius 2 is 2.16 bits per heavy atom. The summed E-state index contributed by atoms with van der Waals surface area (Å²) in [6.45, 7) is 6.44. The molecular formula is C14H26O4S. The molecule has 0 saturated carbocycles. The van der Waals surface area contributed by atoms with Crippen LogP contribution in [0, 0.1) is 5.92 Å². The first-order chi connectivity index (χ1) is 9.18. The molecule has 1 fully saturated rings. The van der Waals surface area contributed by atoms with Crippen molar-refractivity contribution in [3.8, 4) is 0 Å². The van der Waals surface area contributed by atoms with Gasteiger partial charge in [-0.1, -0.05) is 33.1 Å². The maximum atomic E-state index is 11.4. The minimum Gasteiger partial charge on any atom is -0.466 e. The quantitative estimate of drug-likeness (QED) is 0.239. The molecule has 5 heteroatoms. The highest BCUT2D eigenvalue weighted by atomic mass is 32.2. The SMILES string of the molecule is CC(C)CCCCCOC(=O)CCSOCC1CO1. The highest BCUT2D eigenvalue weighted by molar-refractivity contribution is 7.94. The van der Waals surface area contributed by atoms with Crippen molar-refractivity contribution in [3.05, 3.63) is 0 Å². The molecule has 1 atom stereocenters. The van der Waals surface area contributed by atoms with E-state index in [4.69, 9.17) is 13.7 Å². The van der Waals surface area contributed by atoms with Crippen LogP contribution in [0.2, 0.25) is 0 Å². The molecule has 0 radical (unpaired) electrons. The van der Waals surface area contributed by atoms with Crippen LogP contribution in [0.25, 0.3) is 0 Å². The monoisotopic (exact) mass is 290 g/mol. The van der Waals surface area contributed by atoms with E-state index in [2.05, 4.69) is 13.8 Å². The molecule has 0 aromatic heterocycles. The summed E-state index contributed by atoms with van der Waals surface area (Å²) >= 11 is 1.32. The predicted octanol–water partition coefficient (Wildman–Crippen LogP) is 3.20. The molecule has 0 amide bonds. The van der Waals surface area contributed by atoms with Crippen molar-refractivity contribution in [1.82, 2.24) is 0 Å². The molecule has 1 saturated heterocycles. The number of rotatable bonds is 12. The van der Waals surface area contributed by atoms with Crippen molar-refractivity contribution in [1.29, 1.82) is 0 Å². The predicted molar refractivity (Wildman–Crippen MR) is 77.0 cm³/mol. The van der Waals surface area contributed by atoms with Crippen LogP contribution in [0.3, 0.4) is 0 Å². The number of unbranched alkanes of at least 4 members (excludes halogenated alkanes) is 2. The van der Waals surface area contributed by atoms with E-state index in [1.807, 2.05) is 0 Å². The first-order valence-corrected chi connectivity index (χ1v) is 8.11. The summed E-state index contributed by atoms with van der Waals surface area (Å²) in [4.78, 5) is 11.4. The lowest BCUT2D eigenvalue weighted by Crippen LogP contribution is -2.07. The Balaban J connectivity index is 1.76. The highest BCUT2D eigenvalue weighted by Crippen LogP contribution is 2.14. The fraction of sp³-hybridized carbons (Fsp3) is 0.929. The van der Waals surface area contributed by atoms with Crippen molar-refractivity contribution in [2.24, 2.45) is 5.92 Å². The summed E-state index contributed by atoms with van der Waals surface area (Å²) < 4.78 is 15.4. The van der Waals surface area contributed by atoms with E-state index in [1.54, 1.807) is 0 Å². The second-order valence-corrected chi connectivity index (χ2v) is 6.16. The van der Waals surface area contributed by atoms with Gasteiger partial charge in [-0.2, -0.15) is 0 Å². The normalized spacial score (nSPS) is 17.7. The molecule has 112 valence electrons. The second-order valence-electron chi connectivity index (χ2n) is 5.28. The van der Waals surface area contributed by atoms with E-state index >= 15 is 0 Å². The fourth-order valence-corrected chi connectivity index (χ4v) is 2.18. The summed E-state index contributed by atoms with van der Waals surface area (Å²) in [5.74, 6) is 1.29. The zero-order chi connectivity index (χ0) is 13.9. The van der Waals surface area contributed by atoms with Gasteiger partial charge in [-0.25, -0.2) is 0 Å². The Bertz CT molecular complexity index is 242. The van der Waals surface area contributed by atoms with Gasteiger partial charge in [0.15, 0.2) is 0 Å². The minimum absolute atomic E-state index is 0.123. The average molecular weight is 290 g/mol. The summed E-state index contributed by atoms with van der Waals surface area (Å²) in [6.07, 6.45) is 5.30. The van der Waals surface area contributed by atoms with E-state index in [1.165, 1.54) is 24.9 Å². The molecule has 0 spiro atoms. The zero-order valence-corrected chi connectivity index (χ0v) is 12.9. The third kappa shape index (κ3) is 11.3. The summed E-state index contributed by atoms with van der Waals surface area (Å²) in [6, 6.07) is 0. The number of esters is 1. The smallest absolute Gasteiger partial charge is 0.306 e. The van der Waals surface area contributed by atoms with E-state index in [0.29, 0.717) is 25.4 Å².